The molecule has 1 rings (SSSR count). The average Bonchev–Trinajstić information content (AvgIpc) is 2.39. The first-order valence-corrected chi connectivity index (χ1v) is 7.76. The topological polar surface area (TPSA) is 66.4 Å². The Morgan fingerprint density at radius 3 is 2.60 bits per heavy atom. The molecule has 0 spiro atoms. The molecule has 1 amide bonds. The van der Waals surface area contributed by atoms with Crippen LogP contribution in [0.15, 0.2) is 24.3 Å². The largest absolute Gasteiger partial charge is 0.480 e. The number of carboxylic acids is 1. The molecule has 20 heavy (non-hydrogen) atoms. The van der Waals surface area contributed by atoms with E-state index in [0.29, 0.717) is 11.4 Å². The third kappa shape index (κ3) is 5.06. The molecule has 4 nitrogen and oxygen atoms in total. The highest BCUT2D eigenvalue weighted by molar-refractivity contribution is 8.01. The lowest BCUT2D eigenvalue weighted by atomic mass is 10.1. The summed E-state index contributed by atoms with van der Waals surface area (Å²) in [6.07, 6.45) is 0.493. The van der Waals surface area contributed by atoms with Crippen molar-refractivity contribution in [2.24, 2.45) is 0 Å². The molecule has 1 aromatic carbocycles. The summed E-state index contributed by atoms with van der Waals surface area (Å²) in [5.74, 6) is -0.953. The van der Waals surface area contributed by atoms with Crippen molar-refractivity contribution in [2.75, 3.05) is 5.75 Å². The van der Waals surface area contributed by atoms with Crippen molar-refractivity contribution >= 4 is 35.2 Å². The Hall–Kier alpha value is -1.20. The molecule has 0 saturated carbocycles. The number of amides is 1. The molecule has 0 heterocycles. The molecule has 0 saturated heterocycles. The zero-order valence-electron chi connectivity index (χ0n) is 11.4. The molecule has 2 atom stereocenters. The normalized spacial score (nSPS) is 13.6. The summed E-state index contributed by atoms with van der Waals surface area (Å²) < 4.78 is 0. The van der Waals surface area contributed by atoms with E-state index in [0.717, 1.165) is 17.3 Å². The van der Waals surface area contributed by atoms with E-state index >= 15 is 0 Å². The lowest BCUT2D eigenvalue weighted by Crippen LogP contribution is -2.29. The van der Waals surface area contributed by atoms with Gasteiger partial charge in [0, 0.05) is 5.02 Å². The predicted molar refractivity (Wildman–Crippen MR) is 82.2 cm³/mol. The number of thioether (sulfide) groups is 1. The van der Waals surface area contributed by atoms with Crippen LogP contribution < -0.4 is 5.32 Å². The molecule has 0 aliphatic rings. The minimum atomic E-state index is -0.885. The van der Waals surface area contributed by atoms with Crippen molar-refractivity contribution in [3.05, 3.63) is 34.9 Å². The van der Waals surface area contributed by atoms with Crippen molar-refractivity contribution in [3.8, 4) is 0 Å². The van der Waals surface area contributed by atoms with E-state index in [4.69, 9.17) is 16.7 Å². The van der Waals surface area contributed by atoms with E-state index in [9.17, 15) is 9.59 Å². The Labute approximate surface area is 127 Å². The van der Waals surface area contributed by atoms with Gasteiger partial charge in [0.2, 0.25) is 5.91 Å². The third-order valence-corrected chi connectivity index (χ3v) is 4.52. The summed E-state index contributed by atoms with van der Waals surface area (Å²) in [4.78, 5) is 22.7. The van der Waals surface area contributed by atoms with Gasteiger partial charge in [0.05, 0.1) is 11.8 Å². The minimum absolute atomic E-state index is 0.125. The zero-order valence-corrected chi connectivity index (χ0v) is 13.0. The van der Waals surface area contributed by atoms with E-state index in [-0.39, 0.29) is 17.7 Å². The lowest BCUT2D eigenvalue weighted by molar-refractivity contribution is -0.136. The quantitative estimate of drug-likeness (QED) is 0.811. The average molecular weight is 316 g/mol. The second kappa shape index (κ2) is 8.17. The van der Waals surface area contributed by atoms with Crippen molar-refractivity contribution in [3.63, 3.8) is 0 Å². The molecular weight excluding hydrogens is 298 g/mol. The van der Waals surface area contributed by atoms with Gasteiger partial charge in [-0.25, -0.2) is 0 Å². The molecule has 0 fully saturated rings. The Morgan fingerprint density at radius 2 is 2.05 bits per heavy atom. The first-order chi connectivity index (χ1) is 9.45. The summed E-state index contributed by atoms with van der Waals surface area (Å²) in [5, 5.41) is 11.8. The Bertz CT molecular complexity index is 481. The number of benzene rings is 1. The van der Waals surface area contributed by atoms with Gasteiger partial charge in [-0.15, -0.1) is 11.8 Å². The molecule has 2 unspecified atom stereocenters. The number of nitrogens with one attached hydrogen (secondary N) is 1. The predicted octanol–water partition coefficient (Wildman–Crippen LogP) is 3.11. The van der Waals surface area contributed by atoms with Gasteiger partial charge in [0.1, 0.15) is 5.25 Å². The van der Waals surface area contributed by atoms with Crippen LogP contribution in [-0.4, -0.2) is 28.0 Å². The zero-order chi connectivity index (χ0) is 15.1. The molecule has 0 aliphatic heterocycles. The third-order valence-electron chi connectivity index (χ3n) is 2.81. The number of carbonyl (C=O) groups excluding carboxylic acids is 1. The van der Waals surface area contributed by atoms with Crippen LogP contribution in [0.1, 0.15) is 31.9 Å². The number of hydrogen-bond acceptors (Lipinski definition) is 3. The highest BCUT2D eigenvalue weighted by Gasteiger charge is 2.18. The van der Waals surface area contributed by atoms with Crippen molar-refractivity contribution < 1.29 is 14.7 Å². The Kier molecular flexibility index (Phi) is 6.88. The number of carbonyl (C=O) groups is 2. The van der Waals surface area contributed by atoms with Crippen LogP contribution in [0, 0.1) is 0 Å². The van der Waals surface area contributed by atoms with Gasteiger partial charge in [-0.3, -0.25) is 9.59 Å². The Morgan fingerprint density at radius 1 is 1.40 bits per heavy atom. The fourth-order valence-electron chi connectivity index (χ4n) is 1.73. The molecular formula is C14H18ClNO3S. The van der Waals surface area contributed by atoms with Gasteiger partial charge in [-0.2, -0.15) is 0 Å². The van der Waals surface area contributed by atoms with Crippen LogP contribution >= 0.6 is 23.4 Å². The van der Waals surface area contributed by atoms with Gasteiger partial charge in [-0.1, -0.05) is 36.7 Å². The van der Waals surface area contributed by atoms with Crippen LogP contribution in [0.2, 0.25) is 5.02 Å². The van der Waals surface area contributed by atoms with E-state index in [1.165, 1.54) is 0 Å². The smallest absolute Gasteiger partial charge is 0.316 e. The molecule has 2 N–H and O–H groups in total. The molecule has 110 valence electrons. The second-order valence-corrected chi connectivity index (χ2v) is 5.96. The second-order valence-electron chi connectivity index (χ2n) is 4.36. The van der Waals surface area contributed by atoms with Gasteiger partial charge in [-0.05, 0) is 25.0 Å². The van der Waals surface area contributed by atoms with E-state index < -0.39 is 11.2 Å². The minimum Gasteiger partial charge on any atom is -0.480 e. The number of aliphatic carboxylic acids is 1. The van der Waals surface area contributed by atoms with Gasteiger partial charge in [0.25, 0.3) is 0 Å². The van der Waals surface area contributed by atoms with Crippen LogP contribution in [0.5, 0.6) is 0 Å². The van der Waals surface area contributed by atoms with Crippen molar-refractivity contribution in [1.82, 2.24) is 5.32 Å². The molecule has 0 aliphatic carbocycles. The SMILES string of the molecule is CCC(SCC(=O)NC(C)c1ccccc1Cl)C(=O)O. The monoisotopic (exact) mass is 315 g/mol. The summed E-state index contributed by atoms with van der Waals surface area (Å²) >= 11 is 7.19. The first-order valence-electron chi connectivity index (χ1n) is 6.33. The standard InChI is InChI=1S/C14H18ClNO3S/c1-3-12(14(18)19)20-8-13(17)16-9(2)10-6-4-5-7-11(10)15/h4-7,9,12H,3,8H2,1-2H3,(H,16,17)(H,18,19). The number of halogens is 1. The highest BCUT2D eigenvalue weighted by Crippen LogP contribution is 2.22. The van der Waals surface area contributed by atoms with Crippen molar-refractivity contribution in [1.29, 1.82) is 0 Å². The molecule has 0 radical (unpaired) electrons. The van der Waals surface area contributed by atoms with Crippen LogP contribution in [-0.2, 0) is 9.59 Å². The fraction of sp³-hybridized carbons (Fsp3) is 0.429. The van der Waals surface area contributed by atoms with Gasteiger partial charge >= 0.3 is 5.97 Å². The maximum atomic E-state index is 11.8. The lowest BCUT2D eigenvalue weighted by Gasteiger charge is -2.16. The highest BCUT2D eigenvalue weighted by atomic mass is 35.5. The number of hydrogen-bond donors (Lipinski definition) is 2. The maximum Gasteiger partial charge on any atom is 0.316 e. The summed E-state index contributed by atoms with van der Waals surface area (Å²) in [7, 11) is 0. The summed E-state index contributed by atoms with van der Waals surface area (Å²) in [6, 6.07) is 7.10. The number of rotatable bonds is 7. The van der Waals surface area contributed by atoms with Crippen LogP contribution in [0.25, 0.3) is 0 Å². The molecule has 1 aromatic rings. The van der Waals surface area contributed by atoms with E-state index in [2.05, 4.69) is 5.32 Å². The maximum absolute atomic E-state index is 11.8. The van der Waals surface area contributed by atoms with Crippen LogP contribution in [0.4, 0.5) is 0 Å². The fourth-order valence-corrected chi connectivity index (χ4v) is 2.84. The number of carboxylic acid groups (broad SMARTS) is 1. The van der Waals surface area contributed by atoms with Crippen LogP contribution in [0.3, 0.4) is 0 Å². The van der Waals surface area contributed by atoms with E-state index in [1.54, 1.807) is 13.0 Å². The molecule has 0 bridgehead atoms. The molecule has 6 heteroatoms. The van der Waals surface area contributed by atoms with Gasteiger partial charge < -0.3 is 10.4 Å². The summed E-state index contributed by atoms with van der Waals surface area (Å²) in [5.41, 5.74) is 0.845. The van der Waals surface area contributed by atoms with Crippen molar-refractivity contribution in [2.45, 2.75) is 31.6 Å². The molecule has 0 aromatic heterocycles. The Balaban J connectivity index is 2.50. The van der Waals surface area contributed by atoms with Gasteiger partial charge in [0.15, 0.2) is 0 Å². The first kappa shape index (κ1) is 16.9. The summed E-state index contributed by atoms with van der Waals surface area (Å²) in [6.45, 7) is 3.63. The van der Waals surface area contributed by atoms with E-state index in [1.807, 2.05) is 25.1 Å².